The van der Waals surface area contributed by atoms with E-state index in [4.69, 9.17) is 15.2 Å². The summed E-state index contributed by atoms with van der Waals surface area (Å²) in [6.07, 6.45) is 2.49. The van der Waals surface area contributed by atoms with Gasteiger partial charge in [-0.25, -0.2) is 9.37 Å². The Labute approximate surface area is 161 Å². The number of carbonyl (C=O) groups is 1. The SMILES string of the molecule is NC(=O)Cc1ccc(Oc2ccc3c(c2)OCC(c2cccc(F)c2)C3)nc1. The van der Waals surface area contributed by atoms with Gasteiger partial charge in [-0.1, -0.05) is 24.3 Å². The molecule has 0 aliphatic carbocycles. The summed E-state index contributed by atoms with van der Waals surface area (Å²) < 4.78 is 25.2. The molecule has 1 atom stereocenters. The predicted octanol–water partition coefficient (Wildman–Crippen LogP) is 3.76. The van der Waals surface area contributed by atoms with Crippen LogP contribution in [0, 0.1) is 5.82 Å². The van der Waals surface area contributed by atoms with Crippen LogP contribution < -0.4 is 15.2 Å². The third-order valence-electron chi connectivity index (χ3n) is 4.66. The molecule has 0 saturated carbocycles. The summed E-state index contributed by atoms with van der Waals surface area (Å²) in [5, 5.41) is 0. The zero-order valence-corrected chi connectivity index (χ0v) is 15.1. The summed E-state index contributed by atoms with van der Waals surface area (Å²) in [5.74, 6) is 1.27. The van der Waals surface area contributed by atoms with Crippen LogP contribution in [-0.4, -0.2) is 17.5 Å². The molecule has 1 aliphatic rings. The zero-order valence-electron chi connectivity index (χ0n) is 15.1. The van der Waals surface area contributed by atoms with Crippen LogP contribution in [0.1, 0.15) is 22.6 Å². The maximum Gasteiger partial charge on any atom is 0.221 e. The van der Waals surface area contributed by atoms with Crippen molar-refractivity contribution in [1.29, 1.82) is 0 Å². The van der Waals surface area contributed by atoms with Gasteiger partial charge in [0.2, 0.25) is 11.8 Å². The minimum Gasteiger partial charge on any atom is -0.493 e. The fourth-order valence-electron chi connectivity index (χ4n) is 3.29. The third-order valence-corrected chi connectivity index (χ3v) is 4.66. The van der Waals surface area contributed by atoms with E-state index in [1.807, 2.05) is 24.3 Å². The summed E-state index contributed by atoms with van der Waals surface area (Å²) >= 11 is 0. The summed E-state index contributed by atoms with van der Waals surface area (Å²) in [6, 6.07) is 15.7. The molecule has 1 unspecified atom stereocenters. The van der Waals surface area contributed by atoms with E-state index in [1.54, 1.807) is 30.5 Å². The quantitative estimate of drug-likeness (QED) is 0.734. The van der Waals surface area contributed by atoms with Gasteiger partial charge in [0.15, 0.2) is 0 Å². The van der Waals surface area contributed by atoms with Gasteiger partial charge in [-0.3, -0.25) is 4.79 Å². The lowest BCUT2D eigenvalue weighted by molar-refractivity contribution is -0.117. The molecule has 2 N–H and O–H groups in total. The lowest BCUT2D eigenvalue weighted by Gasteiger charge is -2.26. The fraction of sp³-hybridized carbons (Fsp3) is 0.182. The number of primary amides is 1. The van der Waals surface area contributed by atoms with Crippen molar-refractivity contribution in [3.05, 3.63) is 83.3 Å². The van der Waals surface area contributed by atoms with Gasteiger partial charge in [-0.05, 0) is 41.3 Å². The topological polar surface area (TPSA) is 74.4 Å². The number of rotatable bonds is 5. The highest BCUT2D eigenvalue weighted by molar-refractivity contribution is 5.76. The molecule has 4 rings (SSSR count). The Bertz CT molecular complexity index is 1000. The van der Waals surface area contributed by atoms with Crippen molar-refractivity contribution in [3.63, 3.8) is 0 Å². The molecular weight excluding hydrogens is 359 g/mol. The van der Waals surface area contributed by atoms with Crippen molar-refractivity contribution in [2.24, 2.45) is 5.73 Å². The molecule has 2 aromatic carbocycles. The number of benzene rings is 2. The third kappa shape index (κ3) is 4.11. The van der Waals surface area contributed by atoms with E-state index in [1.165, 1.54) is 6.07 Å². The number of fused-ring (bicyclic) bond motifs is 1. The Balaban J connectivity index is 1.46. The fourth-order valence-corrected chi connectivity index (χ4v) is 3.29. The molecule has 28 heavy (non-hydrogen) atoms. The van der Waals surface area contributed by atoms with Crippen molar-refractivity contribution >= 4 is 5.91 Å². The van der Waals surface area contributed by atoms with E-state index >= 15 is 0 Å². The van der Waals surface area contributed by atoms with Crippen LogP contribution in [0.25, 0.3) is 0 Å². The van der Waals surface area contributed by atoms with Gasteiger partial charge >= 0.3 is 0 Å². The van der Waals surface area contributed by atoms with Crippen molar-refractivity contribution < 1.29 is 18.7 Å². The van der Waals surface area contributed by atoms with Crippen LogP contribution >= 0.6 is 0 Å². The Morgan fingerprint density at radius 3 is 2.86 bits per heavy atom. The number of hydrogen-bond acceptors (Lipinski definition) is 4. The van der Waals surface area contributed by atoms with Crippen molar-refractivity contribution in [2.75, 3.05) is 6.61 Å². The average Bonchev–Trinajstić information content (AvgIpc) is 2.69. The van der Waals surface area contributed by atoms with E-state index in [0.717, 1.165) is 28.9 Å². The monoisotopic (exact) mass is 378 g/mol. The number of carbonyl (C=O) groups excluding carboxylic acids is 1. The number of amides is 1. The first-order valence-electron chi connectivity index (χ1n) is 8.99. The van der Waals surface area contributed by atoms with Gasteiger partial charge < -0.3 is 15.2 Å². The minimum atomic E-state index is -0.404. The van der Waals surface area contributed by atoms with Crippen LogP contribution in [0.5, 0.6) is 17.4 Å². The molecule has 0 radical (unpaired) electrons. The number of aromatic nitrogens is 1. The van der Waals surface area contributed by atoms with Gasteiger partial charge in [0.25, 0.3) is 0 Å². The van der Waals surface area contributed by atoms with Gasteiger partial charge in [0.05, 0.1) is 13.0 Å². The molecule has 0 spiro atoms. The highest BCUT2D eigenvalue weighted by atomic mass is 19.1. The molecular formula is C22H19FN2O3. The Morgan fingerprint density at radius 1 is 1.21 bits per heavy atom. The van der Waals surface area contributed by atoms with Crippen molar-refractivity contribution in [3.8, 4) is 17.4 Å². The molecule has 2 heterocycles. The largest absolute Gasteiger partial charge is 0.493 e. The first-order chi connectivity index (χ1) is 13.6. The van der Waals surface area contributed by atoms with Crippen molar-refractivity contribution in [1.82, 2.24) is 4.98 Å². The lowest BCUT2D eigenvalue weighted by atomic mass is 9.90. The summed E-state index contributed by atoms with van der Waals surface area (Å²) in [6.45, 7) is 0.486. The van der Waals surface area contributed by atoms with Crippen LogP contribution in [0.2, 0.25) is 0 Å². The van der Waals surface area contributed by atoms with Crippen molar-refractivity contribution in [2.45, 2.75) is 18.8 Å². The molecule has 142 valence electrons. The Kier molecular flexibility index (Phi) is 4.93. The average molecular weight is 378 g/mol. The number of pyridine rings is 1. The summed E-state index contributed by atoms with van der Waals surface area (Å²) in [5.41, 5.74) is 7.90. The first-order valence-corrected chi connectivity index (χ1v) is 8.99. The van der Waals surface area contributed by atoms with E-state index in [-0.39, 0.29) is 18.2 Å². The summed E-state index contributed by atoms with van der Waals surface area (Å²) in [7, 11) is 0. The van der Waals surface area contributed by atoms with E-state index < -0.39 is 5.91 Å². The first kappa shape index (κ1) is 18.0. The zero-order chi connectivity index (χ0) is 19.5. The highest BCUT2D eigenvalue weighted by Gasteiger charge is 2.22. The molecule has 5 nitrogen and oxygen atoms in total. The smallest absolute Gasteiger partial charge is 0.221 e. The minimum absolute atomic E-state index is 0.120. The van der Waals surface area contributed by atoms with Gasteiger partial charge in [-0.15, -0.1) is 0 Å². The molecule has 1 aliphatic heterocycles. The van der Waals surface area contributed by atoms with Crippen LogP contribution in [-0.2, 0) is 17.6 Å². The van der Waals surface area contributed by atoms with Crippen LogP contribution in [0.3, 0.4) is 0 Å². The number of ether oxygens (including phenoxy) is 2. The lowest BCUT2D eigenvalue weighted by Crippen LogP contribution is -2.19. The second kappa shape index (κ2) is 7.68. The van der Waals surface area contributed by atoms with E-state index in [9.17, 15) is 9.18 Å². The van der Waals surface area contributed by atoms with Crippen LogP contribution in [0.15, 0.2) is 60.8 Å². The Morgan fingerprint density at radius 2 is 2.11 bits per heavy atom. The van der Waals surface area contributed by atoms with E-state index in [2.05, 4.69) is 4.98 Å². The number of nitrogens with zero attached hydrogens (tertiary/aromatic N) is 1. The maximum atomic E-state index is 13.5. The van der Waals surface area contributed by atoms with Crippen LogP contribution in [0.4, 0.5) is 4.39 Å². The Hall–Kier alpha value is -3.41. The molecule has 1 aromatic heterocycles. The maximum absolute atomic E-state index is 13.5. The second-order valence-corrected chi connectivity index (χ2v) is 6.79. The van der Waals surface area contributed by atoms with Gasteiger partial charge in [0, 0.05) is 24.2 Å². The summed E-state index contributed by atoms with van der Waals surface area (Å²) in [4.78, 5) is 15.1. The molecule has 6 heteroatoms. The van der Waals surface area contributed by atoms with E-state index in [0.29, 0.717) is 18.2 Å². The van der Waals surface area contributed by atoms with Gasteiger partial charge in [-0.2, -0.15) is 0 Å². The second-order valence-electron chi connectivity index (χ2n) is 6.79. The normalized spacial score (nSPS) is 15.4. The molecule has 0 saturated heterocycles. The highest BCUT2D eigenvalue weighted by Crippen LogP contribution is 2.36. The standard InChI is InChI=1S/C22H19FN2O3/c23-18-3-1-2-15(10-18)17-9-16-5-6-19(11-20(16)27-13-17)28-22-7-4-14(12-25-22)8-21(24)26/h1-7,10-12,17H,8-9,13H2,(H2,24,26). The predicted molar refractivity (Wildman–Crippen MR) is 102 cm³/mol. The number of hydrogen-bond donors (Lipinski definition) is 1. The molecule has 0 fully saturated rings. The number of halogens is 1. The van der Waals surface area contributed by atoms with Gasteiger partial charge in [0.1, 0.15) is 17.3 Å². The molecule has 1 amide bonds. The number of nitrogens with two attached hydrogens (primary N) is 1. The molecule has 3 aromatic rings. The molecule has 0 bridgehead atoms.